The summed E-state index contributed by atoms with van der Waals surface area (Å²) in [6, 6.07) is 6.72. The smallest absolute Gasteiger partial charge is 0.223 e. The SMILES string of the molecule is CC1CCN(C(=O)CCNCc2ccccc2F)CC1. The molecule has 0 aromatic heterocycles. The summed E-state index contributed by atoms with van der Waals surface area (Å²) >= 11 is 0. The predicted octanol–water partition coefficient (Wildman–Crippen LogP) is 2.56. The van der Waals surface area contributed by atoms with E-state index in [1.165, 1.54) is 6.07 Å². The van der Waals surface area contributed by atoms with Crippen LogP contribution in [-0.2, 0) is 11.3 Å². The lowest BCUT2D eigenvalue weighted by molar-refractivity contribution is -0.132. The summed E-state index contributed by atoms with van der Waals surface area (Å²) in [6.45, 7) is 5.06. The lowest BCUT2D eigenvalue weighted by atomic mass is 9.99. The number of amides is 1. The molecule has 1 fully saturated rings. The van der Waals surface area contributed by atoms with Crippen LogP contribution in [0.3, 0.4) is 0 Å². The first kappa shape index (κ1) is 15.0. The summed E-state index contributed by atoms with van der Waals surface area (Å²) in [7, 11) is 0. The van der Waals surface area contributed by atoms with Gasteiger partial charge in [-0.15, -0.1) is 0 Å². The molecule has 20 heavy (non-hydrogen) atoms. The van der Waals surface area contributed by atoms with E-state index in [1.54, 1.807) is 12.1 Å². The van der Waals surface area contributed by atoms with Crippen molar-refractivity contribution in [1.29, 1.82) is 0 Å². The Hall–Kier alpha value is -1.42. The minimum atomic E-state index is -0.198. The second-order valence-electron chi connectivity index (χ2n) is 5.58. The van der Waals surface area contributed by atoms with E-state index < -0.39 is 0 Å². The van der Waals surface area contributed by atoms with E-state index in [1.807, 2.05) is 11.0 Å². The first-order valence-corrected chi connectivity index (χ1v) is 7.38. The highest BCUT2D eigenvalue weighted by molar-refractivity contribution is 5.76. The summed E-state index contributed by atoms with van der Waals surface area (Å²) < 4.78 is 13.4. The molecular formula is C16H23FN2O. The van der Waals surface area contributed by atoms with Gasteiger partial charge in [0.25, 0.3) is 0 Å². The van der Waals surface area contributed by atoms with Crippen molar-refractivity contribution in [3.8, 4) is 0 Å². The fraction of sp³-hybridized carbons (Fsp3) is 0.562. The van der Waals surface area contributed by atoms with Gasteiger partial charge in [-0.25, -0.2) is 4.39 Å². The molecule has 1 N–H and O–H groups in total. The lowest BCUT2D eigenvalue weighted by Gasteiger charge is -2.30. The van der Waals surface area contributed by atoms with Crippen molar-refractivity contribution >= 4 is 5.91 Å². The van der Waals surface area contributed by atoms with Gasteiger partial charge in [0.05, 0.1) is 0 Å². The number of hydrogen-bond acceptors (Lipinski definition) is 2. The van der Waals surface area contributed by atoms with Crippen molar-refractivity contribution in [2.75, 3.05) is 19.6 Å². The monoisotopic (exact) mass is 278 g/mol. The third-order valence-corrected chi connectivity index (χ3v) is 3.93. The molecule has 0 bridgehead atoms. The summed E-state index contributed by atoms with van der Waals surface area (Å²) in [5.41, 5.74) is 0.645. The minimum absolute atomic E-state index is 0.198. The molecular weight excluding hydrogens is 255 g/mol. The van der Waals surface area contributed by atoms with Crippen LogP contribution in [0, 0.1) is 11.7 Å². The van der Waals surface area contributed by atoms with E-state index in [0.29, 0.717) is 25.1 Å². The van der Waals surface area contributed by atoms with Gasteiger partial charge in [-0.2, -0.15) is 0 Å². The molecule has 1 aromatic carbocycles. The maximum absolute atomic E-state index is 13.4. The Morgan fingerprint density at radius 2 is 2.05 bits per heavy atom. The molecule has 110 valence electrons. The number of carbonyl (C=O) groups excluding carboxylic acids is 1. The van der Waals surface area contributed by atoms with Crippen LogP contribution in [0.1, 0.15) is 31.7 Å². The number of piperidine rings is 1. The summed E-state index contributed by atoms with van der Waals surface area (Å²) in [4.78, 5) is 13.9. The normalized spacial score (nSPS) is 16.4. The van der Waals surface area contributed by atoms with Crippen LogP contribution in [0.15, 0.2) is 24.3 Å². The van der Waals surface area contributed by atoms with Gasteiger partial charge in [0, 0.05) is 38.2 Å². The van der Waals surface area contributed by atoms with Gasteiger partial charge >= 0.3 is 0 Å². The van der Waals surface area contributed by atoms with Crippen LogP contribution in [0.2, 0.25) is 0 Å². The Balaban J connectivity index is 1.66. The molecule has 0 saturated carbocycles. The molecule has 2 rings (SSSR count). The van der Waals surface area contributed by atoms with Crippen molar-refractivity contribution in [3.05, 3.63) is 35.6 Å². The van der Waals surface area contributed by atoms with Gasteiger partial charge in [-0.3, -0.25) is 4.79 Å². The molecule has 1 aromatic rings. The highest BCUT2D eigenvalue weighted by atomic mass is 19.1. The quantitative estimate of drug-likeness (QED) is 0.840. The third kappa shape index (κ3) is 4.30. The van der Waals surface area contributed by atoms with Crippen molar-refractivity contribution in [2.24, 2.45) is 5.92 Å². The Morgan fingerprint density at radius 3 is 2.75 bits per heavy atom. The van der Waals surface area contributed by atoms with E-state index in [4.69, 9.17) is 0 Å². The maximum Gasteiger partial charge on any atom is 0.223 e. The molecule has 1 heterocycles. The summed E-state index contributed by atoms with van der Waals surface area (Å²) in [5, 5.41) is 3.13. The van der Waals surface area contributed by atoms with E-state index >= 15 is 0 Å². The van der Waals surface area contributed by atoms with Gasteiger partial charge in [-0.1, -0.05) is 25.1 Å². The molecule has 0 unspecified atom stereocenters. The number of likely N-dealkylation sites (tertiary alicyclic amines) is 1. The number of nitrogens with one attached hydrogen (secondary N) is 1. The fourth-order valence-corrected chi connectivity index (χ4v) is 2.48. The molecule has 0 atom stereocenters. The molecule has 1 aliphatic heterocycles. The lowest BCUT2D eigenvalue weighted by Crippen LogP contribution is -2.39. The van der Waals surface area contributed by atoms with Gasteiger partial charge in [-0.05, 0) is 24.8 Å². The number of rotatable bonds is 5. The molecule has 0 aliphatic carbocycles. The van der Waals surface area contributed by atoms with E-state index in [-0.39, 0.29) is 11.7 Å². The molecule has 0 radical (unpaired) electrons. The van der Waals surface area contributed by atoms with Crippen molar-refractivity contribution in [3.63, 3.8) is 0 Å². The van der Waals surface area contributed by atoms with Crippen LogP contribution in [0.5, 0.6) is 0 Å². The van der Waals surface area contributed by atoms with E-state index in [9.17, 15) is 9.18 Å². The average molecular weight is 278 g/mol. The second-order valence-corrected chi connectivity index (χ2v) is 5.58. The summed E-state index contributed by atoms with van der Waals surface area (Å²) in [5.74, 6) is 0.743. The van der Waals surface area contributed by atoms with Crippen LogP contribution in [0.4, 0.5) is 4.39 Å². The molecule has 1 amide bonds. The first-order chi connectivity index (χ1) is 9.66. The predicted molar refractivity (Wildman–Crippen MR) is 77.7 cm³/mol. The van der Waals surface area contributed by atoms with Gasteiger partial charge < -0.3 is 10.2 Å². The molecule has 1 aliphatic rings. The zero-order chi connectivity index (χ0) is 14.4. The third-order valence-electron chi connectivity index (χ3n) is 3.93. The Labute approximate surface area is 120 Å². The second kappa shape index (κ2) is 7.39. The molecule has 0 spiro atoms. The zero-order valence-electron chi connectivity index (χ0n) is 12.1. The van der Waals surface area contributed by atoms with Crippen LogP contribution in [-0.4, -0.2) is 30.4 Å². The number of halogens is 1. The van der Waals surface area contributed by atoms with Crippen LogP contribution >= 0.6 is 0 Å². The average Bonchev–Trinajstić information content (AvgIpc) is 2.46. The van der Waals surface area contributed by atoms with Crippen molar-refractivity contribution in [1.82, 2.24) is 10.2 Å². The standard InChI is InChI=1S/C16H23FN2O/c1-13-7-10-19(11-8-13)16(20)6-9-18-12-14-4-2-3-5-15(14)17/h2-5,13,18H,6-12H2,1H3. The molecule has 4 heteroatoms. The highest BCUT2D eigenvalue weighted by Gasteiger charge is 2.19. The Bertz CT molecular complexity index is 442. The highest BCUT2D eigenvalue weighted by Crippen LogP contribution is 2.16. The maximum atomic E-state index is 13.4. The number of hydrogen-bond donors (Lipinski definition) is 1. The number of benzene rings is 1. The van der Waals surface area contributed by atoms with Gasteiger partial charge in [0.15, 0.2) is 0 Å². The van der Waals surface area contributed by atoms with E-state index in [2.05, 4.69) is 12.2 Å². The van der Waals surface area contributed by atoms with Gasteiger partial charge in [0.2, 0.25) is 5.91 Å². The van der Waals surface area contributed by atoms with Crippen LogP contribution < -0.4 is 5.32 Å². The molecule has 3 nitrogen and oxygen atoms in total. The number of nitrogens with zero attached hydrogens (tertiary/aromatic N) is 1. The zero-order valence-corrected chi connectivity index (χ0v) is 12.1. The Morgan fingerprint density at radius 1 is 1.35 bits per heavy atom. The molecule has 1 saturated heterocycles. The largest absolute Gasteiger partial charge is 0.343 e. The van der Waals surface area contributed by atoms with Crippen LogP contribution in [0.25, 0.3) is 0 Å². The Kier molecular flexibility index (Phi) is 5.53. The van der Waals surface area contributed by atoms with Gasteiger partial charge in [0.1, 0.15) is 5.82 Å². The first-order valence-electron chi connectivity index (χ1n) is 7.38. The topological polar surface area (TPSA) is 32.3 Å². The van der Waals surface area contributed by atoms with Crippen molar-refractivity contribution in [2.45, 2.75) is 32.7 Å². The minimum Gasteiger partial charge on any atom is -0.343 e. The van der Waals surface area contributed by atoms with Crippen molar-refractivity contribution < 1.29 is 9.18 Å². The summed E-state index contributed by atoms with van der Waals surface area (Å²) in [6.07, 6.45) is 2.70. The van der Waals surface area contributed by atoms with E-state index in [0.717, 1.165) is 31.8 Å². The number of carbonyl (C=O) groups is 1. The fourth-order valence-electron chi connectivity index (χ4n) is 2.48.